The van der Waals surface area contributed by atoms with Gasteiger partial charge in [0.2, 0.25) is 5.91 Å². The van der Waals surface area contributed by atoms with E-state index < -0.39 is 0 Å². The molecule has 0 radical (unpaired) electrons. The van der Waals surface area contributed by atoms with E-state index in [1.54, 1.807) is 12.4 Å². The molecule has 0 aliphatic carbocycles. The molecule has 0 atom stereocenters. The molecule has 0 unspecified atom stereocenters. The zero-order chi connectivity index (χ0) is 13.0. The Labute approximate surface area is 107 Å². The highest BCUT2D eigenvalue weighted by molar-refractivity contribution is 5.93. The molecule has 2 rings (SSSR count). The first-order valence-electron chi connectivity index (χ1n) is 5.92. The first kappa shape index (κ1) is 12.3. The third kappa shape index (κ3) is 2.94. The summed E-state index contributed by atoms with van der Waals surface area (Å²) in [6, 6.07) is 9.63. The molecule has 1 heterocycles. The van der Waals surface area contributed by atoms with Crippen molar-refractivity contribution in [1.29, 1.82) is 0 Å². The number of carbonyl (C=O) groups is 1. The third-order valence-electron chi connectivity index (χ3n) is 2.97. The van der Waals surface area contributed by atoms with Crippen LogP contribution in [0.5, 0.6) is 0 Å². The van der Waals surface area contributed by atoms with Gasteiger partial charge in [-0.2, -0.15) is 0 Å². The summed E-state index contributed by atoms with van der Waals surface area (Å²) in [6.45, 7) is 4.04. The second-order valence-electron chi connectivity index (χ2n) is 4.33. The Balaban J connectivity index is 2.06. The fourth-order valence-corrected chi connectivity index (χ4v) is 1.77. The van der Waals surface area contributed by atoms with Crippen LogP contribution in [0.2, 0.25) is 0 Å². The number of hydrogen-bond acceptors (Lipinski definition) is 2. The number of nitrogens with zero attached hydrogens (tertiary/aromatic N) is 1. The van der Waals surface area contributed by atoms with Crippen LogP contribution in [0.1, 0.15) is 16.7 Å². The highest BCUT2D eigenvalue weighted by Crippen LogP contribution is 2.18. The third-order valence-corrected chi connectivity index (χ3v) is 2.97. The van der Waals surface area contributed by atoms with Crippen LogP contribution in [0, 0.1) is 13.8 Å². The summed E-state index contributed by atoms with van der Waals surface area (Å²) in [5.41, 5.74) is 4.08. The quantitative estimate of drug-likeness (QED) is 0.896. The average Bonchev–Trinajstić information content (AvgIpc) is 2.36. The fourth-order valence-electron chi connectivity index (χ4n) is 1.77. The van der Waals surface area contributed by atoms with E-state index in [2.05, 4.69) is 10.3 Å². The van der Waals surface area contributed by atoms with E-state index in [4.69, 9.17) is 0 Å². The first-order valence-corrected chi connectivity index (χ1v) is 5.92. The molecule has 0 bridgehead atoms. The van der Waals surface area contributed by atoms with Gasteiger partial charge in [-0.05, 0) is 42.7 Å². The molecule has 1 amide bonds. The van der Waals surface area contributed by atoms with Gasteiger partial charge in [-0.25, -0.2) is 0 Å². The fraction of sp³-hybridized carbons (Fsp3) is 0.200. The molecule has 18 heavy (non-hydrogen) atoms. The number of hydrogen-bond donors (Lipinski definition) is 1. The highest BCUT2D eigenvalue weighted by Gasteiger charge is 2.06. The van der Waals surface area contributed by atoms with Crippen LogP contribution in [0.25, 0.3) is 0 Å². The zero-order valence-electron chi connectivity index (χ0n) is 10.6. The van der Waals surface area contributed by atoms with Gasteiger partial charge >= 0.3 is 0 Å². The van der Waals surface area contributed by atoms with Gasteiger partial charge in [0, 0.05) is 18.1 Å². The largest absolute Gasteiger partial charge is 0.326 e. The number of rotatable bonds is 3. The summed E-state index contributed by atoms with van der Waals surface area (Å²) in [6.07, 6.45) is 3.76. The maximum absolute atomic E-state index is 11.9. The van der Waals surface area contributed by atoms with Gasteiger partial charge in [-0.3, -0.25) is 9.78 Å². The first-order chi connectivity index (χ1) is 8.66. The molecule has 3 nitrogen and oxygen atoms in total. The lowest BCUT2D eigenvalue weighted by molar-refractivity contribution is -0.115. The van der Waals surface area contributed by atoms with E-state index >= 15 is 0 Å². The maximum atomic E-state index is 11.9. The number of nitrogens with one attached hydrogen (secondary N) is 1. The van der Waals surface area contributed by atoms with Crippen molar-refractivity contribution in [1.82, 2.24) is 4.98 Å². The van der Waals surface area contributed by atoms with Gasteiger partial charge < -0.3 is 5.32 Å². The van der Waals surface area contributed by atoms with Crippen LogP contribution in [-0.4, -0.2) is 10.9 Å². The number of benzene rings is 1. The number of anilines is 1. The van der Waals surface area contributed by atoms with Crippen molar-refractivity contribution < 1.29 is 4.79 Å². The SMILES string of the molecule is Cc1cccc(NC(=O)Cc2cccnc2)c1C. The summed E-state index contributed by atoms with van der Waals surface area (Å²) >= 11 is 0. The van der Waals surface area contributed by atoms with Gasteiger partial charge in [0.1, 0.15) is 0 Å². The summed E-state index contributed by atoms with van der Waals surface area (Å²) in [5, 5.41) is 2.93. The zero-order valence-corrected chi connectivity index (χ0v) is 10.6. The minimum atomic E-state index is -0.0169. The van der Waals surface area contributed by atoms with Crippen LogP contribution in [0.3, 0.4) is 0 Å². The highest BCUT2D eigenvalue weighted by atomic mass is 16.1. The molecule has 1 aromatic heterocycles. The van der Waals surface area contributed by atoms with Crippen molar-refractivity contribution in [2.24, 2.45) is 0 Å². The van der Waals surface area contributed by atoms with Gasteiger partial charge in [0.15, 0.2) is 0 Å². The van der Waals surface area contributed by atoms with Crippen LogP contribution in [0.4, 0.5) is 5.69 Å². The Morgan fingerprint density at radius 1 is 1.22 bits per heavy atom. The lowest BCUT2D eigenvalue weighted by atomic mass is 10.1. The Morgan fingerprint density at radius 2 is 2.06 bits per heavy atom. The number of pyridine rings is 1. The van der Waals surface area contributed by atoms with Gasteiger partial charge in [0.05, 0.1) is 6.42 Å². The number of aryl methyl sites for hydroxylation is 1. The summed E-state index contributed by atoms with van der Waals surface area (Å²) in [5.74, 6) is -0.0169. The second-order valence-corrected chi connectivity index (χ2v) is 4.33. The van der Waals surface area contributed by atoms with Crippen molar-refractivity contribution in [2.45, 2.75) is 20.3 Å². The van der Waals surface area contributed by atoms with Crippen molar-refractivity contribution in [3.8, 4) is 0 Å². The molecule has 3 heteroatoms. The predicted octanol–water partition coefficient (Wildman–Crippen LogP) is 2.88. The van der Waals surface area contributed by atoms with Crippen LogP contribution >= 0.6 is 0 Å². The summed E-state index contributed by atoms with van der Waals surface area (Å²) in [7, 11) is 0. The molecule has 0 saturated heterocycles. The monoisotopic (exact) mass is 240 g/mol. The standard InChI is InChI=1S/C15H16N2O/c1-11-5-3-7-14(12(11)2)17-15(18)9-13-6-4-8-16-10-13/h3-8,10H,9H2,1-2H3,(H,17,18). The normalized spacial score (nSPS) is 10.1. The summed E-state index contributed by atoms with van der Waals surface area (Å²) < 4.78 is 0. The van der Waals surface area contributed by atoms with Crippen LogP contribution in [-0.2, 0) is 11.2 Å². The second kappa shape index (κ2) is 5.45. The van der Waals surface area contributed by atoms with E-state index in [1.807, 2.05) is 44.2 Å². The van der Waals surface area contributed by atoms with Gasteiger partial charge in [-0.15, -0.1) is 0 Å². The van der Waals surface area contributed by atoms with Crippen molar-refractivity contribution in [3.05, 3.63) is 59.4 Å². The Kier molecular flexibility index (Phi) is 3.72. The van der Waals surface area contributed by atoms with Crippen molar-refractivity contribution in [2.75, 3.05) is 5.32 Å². The van der Waals surface area contributed by atoms with E-state index in [0.717, 1.165) is 16.8 Å². The minimum Gasteiger partial charge on any atom is -0.326 e. The van der Waals surface area contributed by atoms with Crippen molar-refractivity contribution in [3.63, 3.8) is 0 Å². The molecular formula is C15H16N2O. The molecule has 2 aromatic rings. The van der Waals surface area contributed by atoms with E-state index in [-0.39, 0.29) is 5.91 Å². The number of aromatic nitrogens is 1. The van der Waals surface area contributed by atoms with Gasteiger partial charge in [-0.1, -0.05) is 18.2 Å². The lowest BCUT2D eigenvalue weighted by Gasteiger charge is -2.10. The van der Waals surface area contributed by atoms with Crippen LogP contribution in [0.15, 0.2) is 42.7 Å². The predicted molar refractivity (Wildman–Crippen MR) is 72.5 cm³/mol. The molecule has 0 aliphatic heterocycles. The Bertz CT molecular complexity index is 550. The molecule has 1 N–H and O–H groups in total. The molecular weight excluding hydrogens is 224 g/mol. The van der Waals surface area contributed by atoms with Crippen molar-refractivity contribution >= 4 is 11.6 Å². The lowest BCUT2D eigenvalue weighted by Crippen LogP contribution is -2.15. The molecule has 0 aliphatic rings. The molecule has 0 fully saturated rings. The maximum Gasteiger partial charge on any atom is 0.228 e. The Morgan fingerprint density at radius 3 is 2.78 bits per heavy atom. The topological polar surface area (TPSA) is 42.0 Å². The summed E-state index contributed by atoms with van der Waals surface area (Å²) in [4.78, 5) is 15.9. The molecule has 1 aromatic carbocycles. The number of amides is 1. The molecule has 92 valence electrons. The molecule has 0 spiro atoms. The number of carbonyl (C=O) groups excluding carboxylic acids is 1. The smallest absolute Gasteiger partial charge is 0.228 e. The van der Waals surface area contributed by atoms with Gasteiger partial charge in [0.25, 0.3) is 0 Å². The van der Waals surface area contributed by atoms with E-state index in [9.17, 15) is 4.79 Å². The Hall–Kier alpha value is -2.16. The average molecular weight is 240 g/mol. The minimum absolute atomic E-state index is 0.0169. The molecule has 0 saturated carbocycles. The van der Waals surface area contributed by atoms with E-state index in [1.165, 1.54) is 5.56 Å². The van der Waals surface area contributed by atoms with E-state index in [0.29, 0.717) is 6.42 Å². The van der Waals surface area contributed by atoms with Crippen LogP contribution < -0.4 is 5.32 Å².